The number of carbonyl (C=O) groups is 1. The zero-order chi connectivity index (χ0) is 31.2. The molecule has 3 heterocycles. The summed E-state index contributed by atoms with van der Waals surface area (Å²) < 4.78 is 33.7. The minimum absolute atomic E-state index is 0.0592. The van der Waals surface area contributed by atoms with Gasteiger partial charge in [-0.2, -0.15) is 0 Å². The van der Waals surface area contributed by atoms with E-state index in [-0.39, 0.29) is 35.0 Å². The van der Waals surface area contributed by atoms with Crippen molar-refractivity contribution in [3.8, 4) is 28.7 Å². The second-order valence-electron chi connectivity index (χ2n) is 10.6. The van der Waals surface area contributed by atoms with E-state index < -0.39 is 85.7 Å². The number of hydrogen-bond donors (Lipinski definition) is 8. The lowest BCUT2D eigenvalue weighted by atomic mass is 9.95. The normalized spacial score (nSPS) is 36.0. The number of rotatable bonds is 7. The molecule has 0 amide bonds. The van der Waals surface area contributed by atoms with Gasteiger partial charge in [-0.05, 0) is 24.6 Å². The second-order valence-corrected chi connectivity index (χ2v) is 10.6. The molecule has 2 aromatic rings. The number of phenols is 2. The van der Waals surface area contributed by atoms with E-state index in [0.717, 1.165) is 6.07 Å². The molecule has 2 fully saturated rings. The first-order valence-corrected chi connectivity index (χ1v) is 13.5. The third-order valence-corrected chi connectivity index (χ3v) is 7.72. The number of aliphatic hydroxyl groups is 6. The highest BCUT2D eigenvalue weighted by Gasteiger charge is 2.51. The van der Waals surface area contributed by atoms with Gasteiger partial charge in [-0.25, -0.2) is 0 Å². The van der Waals surface area contributed by atoms with Gasteiger partial charge in [-0.15, -0.1) is 0 Å². The monoisotopic (exact) mass is 610 g/mol. The van der Waals surface area contributed by atoms with Gasteiger partial charge < -0.3 is 69.3 Å². The van der Waals surface area contributed by atoms with Crippen molar-refractivity contribution >= 4 is 5.78 Å². The largest absolute Gasteiger partial charge is 0.507 e. The molecule has 0 aromatic heterocycles. The number of fused-ring (bicyclic) bond motifs is 1. The third kappa shape index (κ3) is 5.95. The van der Waals surface area contributed by atoms with Gasteiger partial charge in [0.1, 0.15) is 65.5 Å². The molecular formula is C28H34O15. The van der Waals surface area contributed by atoms with Crippen LogP contribution in [-0.2, 0) is 14.2 Å². The number of phenolic OH excluding ortho intramolecular Hbond substituents is 2. The summed E-state index contributed by atoms with van der Waals surface area (Å²) in [6.45, 7) is 0.699. The number of benzene rings is 2. The Morgan fingerprint density at radius 2 is 1.63 bits per heavy atom. The molecule has 3 aliphatic rings. The number of aromatic hydroxyl groups is 2. The molecule has 3 aliphatic heterocycles. The average Bonchev–Trinajstić information content (AvgIpc) is 2.97. The Labute approximate surface area is 245 Å². The summed E-state index contributed by atoms with van der Waals surface area (Å²) in [6, 6.07) is 6.89. The molecule has 2 aromatic carbocycles. The molecule has 0 bridgehead atoms. The predicted octanol–water partition coefficient (Wildman–Crippen LogP) is -1.16. The third-order valence-electron chi connectivity index (χ3n) is 7.72. The Hall–Kier alpha value is -3.25. The molecule has 15 heteroatoms. The summed E-state index contributed by atoms with van der Waals surface area (Å²) in [5.41, 5.74) is 0.352. The van der Waals surface area contributed by atoms with Crippen molar-refractivity contribution in [3.05, 3.63) is 41.5 Å². The van der Waals surface area contributed by atoms with Crippen molar-refractivity contribution in [1.82, 2.24) is 0 Å². The molecule has 15 nitrogen and oxygen atoms in total. The van der Waals surface area contributed by atoms with Gasteiger partial charge in [0.05, 0.1) is 26.2 Å². The van der Waals surface area contributed by atoms with E-state index >= 15 is 0 Å². The molecule has 8 N–H and O–H groups in total. The van der Waals surface area contributed by atoms with Crippen molar-refractivity contribution in [2.45, 2.75) is 80.9 Å². The lowest BCUT2D eigenvalue weighted by Crippen LogP contribution is -2.64. The Bertz CT molecular complexity index is 1320. The highest BCUT2D eigenvalue weighted by molar-refractivity contribution is 6.02. The number of ether oxygens (including phenoxy) is 6. The molecule has 0 spiro atoms. The van der Waals surface area contributed by atoms with Gasteiger partial charge in [-0.1, -0.05) is 6.07 Å². The van der Waals surface area contributed by atoms with Gasteiger partial charge in [0.15, 0.2) is 29.7 Å². The number of ketones is 1. The molecule has 0 unspecified atom stereocenters. The summed E-state index contributed by atoms with van der Waals surface area (Å²) >= 11 is 0. The van der Waals surface area contributed by atoms with E-state index in [1.165, 1.54) is 32.2 Å². The first kappa shape index (κ1) is 31.2. The molecule has 236 valence electrons. The SMILES string of the molecule is COc1ccc([C@H]2CC(=O)c3c(O)cc(O[C@H]4O[C@@H](CO)[C@H](O)[C@@H](O)[C@@H]4O[C@H]4O[C@H](C)[C@@H](O)[C@H](O)[C@@H]4O)cc3O2)cc1O. The van der Waals surface area contributed by atoms with E-state index in [0.29, 0.717) is 5.56 Å². The average molecular weight is 611 g/mol. The molecular weight excluding hydrogens is 576 g/mol. The Morgan fingerprint density at radius 1 is 0.884 bits per heavy atom. The minimum atomic E-state index is -1.76. The van der Waals surface area contributed by atoms with Crippen LogP contribution in [0.5, 0.6) is 28.7 Å². The summed E-state index contributed by atoms with van der Waals surface area (Å²) in [5.74, 6) is -1.06. The summed E-state index contributed by atoms with van der Waals surface area (Å²) in [5, 5.41) is 82.4. The maximum Gasteiger partial charge on any atom is 0.229 e. The van der Waals surface area contributed by atoms with Gasteiger partial charge in [0, 0.05) is 12.1 Å². The van der Waals surface area contributed by atoms with Crippen LogP contribution in [0.1, 0.15) is 35.4 Å². The van der Waals surface area contributed by atoms with Crippen molar-refractivity contribution < 1.29 is 74.1 Å². The van der Waals surface area contributed by atoms with E-state index in [2.05, 4.69) is 0 Å². The van der Waals surface area contributed by atoms with Crippen molar-refractivity contribution in [1.29, 1.82) is 0 Å². The van der Waals surface area contributed by atoms with E-state index in [1.54, 1.807) is 6.07 Å². The number of Topliss-reactive ketones (excluding diaryl/α,β-unsaturated/α-hetero) is 1. The van der Waals surface area contributed by atoms with Crippen molar-refractivity contribution in [2.24, 2.45) is 0 Å². The van der Waals surface area contributed by atoms with Crippen LogP contribution in [0, 0.1) is 0 Å². The van der Waals surface area contributed by atoms with Gasteiger partial charge in [0.2, 0.25) is 6.29 Å². The number of carbonyl (C=O) groups excluding carboxylic acids is 1. The molecule has 0 aliphatic carbocycles. The van der Waals surface area contributed by atoms with Crippen LogP contribution in [0.2, 0.25) is 0 Å². The topological polar surface area (TPSA) is 234 Å². The van der Waals surface area contributed by atoms with Gasteiger partial charge in [0.25, 0.3) is 0 Å². The maximum absolute atomic E-state index is 13.0. The first-order chi connectivity index (χ1) is 20.4. The predicted molar refractivity (Wildman–Crippen MR) is 141 cm³/mol. The molecule has 2 saturated heterocycles. The van der Waals surface area contributed by atoms with Crippen molar-refractivity contribution in [3.63, 3.8) is 0 Å². The minimum Gasteiger partial charge on any atom is -0.507 e. The van der Waals surface area contributed by atoms with Crippen LogP contribution >= 0.6 is 0 Å². The molecule has 11 atom stereocenters. The fourth-order valence-electron chi connectivity index (χ4n) is 5.29. The highest BCUT2D eigenvalue weighted by atomic mass is 16.8. The number of hydrogen-bond acceptors (Lipinski definition) is 15. The second kappa shape index (κ2) is 12.4. The summed E-state index contributed by atoms with van der Waals surface area (Å²) in [6.07, 6.45) is -16.3. The molecule has 43 heavy (non-hydrogen) atoms. The van der Waals surface area contributed by atoms with Crippen LogP contribution in [0.4, 0.5) is 0 Å². The zero-order valence-corrected chi connectivity index (χ0v) is 23.1. The number of methoxy groups -OCH3 is 1. The quantitative estimate of drug-likeness (QED) is 0.185. The smallest absolute Gasteiger partial charge is 0.229 e. The number of aliphatic hydroxyl groups excluding tert-OH is 6. The van der Waals surface area contributed by atoms with Crippen LogP contribution in [0.25, 0.3) is 0 Å². The molecule has 5 rings (SSSR count). The fraction of sp³-hybridized carbons (Fsp3) is 0.536. The van der Waals surface area contributed by atoms with Crippen LogP contribution in [0.15, 0.2) is 30.3 Å². The van der Waals surface area contributed by atoms with Crippen LogP contribution < -0.4 is 14.2 Å². The van der Waals surface area contributed by atoms with E-state index in [4.69, 9.17) is 28.4 Å². The van der Waals surface area contributed by atoms with Crippen LogP contribution in [0.3, 0.4) is 0 Å². The summed E-state index contributed by atoms with van der Waals surface area (Å²) in [7, 11) is 1.39. The Balaban J connectivity index is 1.41. The van der Waals surface area contributed by atoms with Gasteiger partial charge >= 0.3 is 0 Å². The molecule has 0 saturated carbocycles. The molecule has 0 radical (unpaired) electrons. The standard InChI is InChI=1S/C28H34O15/c1-10-21(33)23(35)25(37)27(39-10)43-26-24(36)22(34)19(9-29)42-28(26)40-12-6-14(31)20-15(32)8-17(41-18(20)7-12)11-3-4-16(38-2)13(30)5-11/h3-7,10,17,19,21-31,33-37H,8-9H2,1-2H3/t10-,17-,19+,21-,22+,23+,24-,25+,26+,27-,28+/m1/s1. The highest BCUT2D eigenvalue weighted by Crippen LogP contribution is 2.43. The fourth-order valence-corrected chi connectivity index (χ4v) is 5.29. The van der Waals surface area contributed by atoms with Gasteiger partial charge in [-0.3, -0.25) is 4.79 Å². The van der Waals surface area contributed by atoms with Crippen molar-refractivity contribution in [2.75, 3.05) is 13.7 Å². The summed E-state index contributed by atoms with van der Waals surface area (Å²) in [4.78, 5) is 13.0. The maximum atomic E-state index is 13.0. The Morgan fingerprint density at radius 3 is 2.30 bits per heavy atom. The lowest BCUT2D eigenvalue weighted by Gasteiger charge is -2.45. The van der Waals surface area contributed by atoms with E-state index in [1.807, 2.05) is 0 Å². The van der Waals surface area contributed by atoms with Crippen LogP contribution in [-0.4, -0.2) is 122 Å². The first-order valence-electron chi connectivity index (χ1n) is 13.5. The lowest BCUT2D eigenvalue weighted by molar-refractivity contribution is -0.354. The Kier molecular flexibility index (Phi) is 8.99. The zero-order valence-electron chi connectivity index (χ0n) is 23.1. The van der Waals surface area contributed by atoms with E-state index in [9.17, 15) is 45.6 Å².